The normalized spacial score (nSPS) is 14.0. The maximum absolute atomic E-state index is 11.9. The van der Waals surface area contributed by atoms with Crippen LogP contribution in [-0.4, -0.2) is 54.4 Å². The summed E-state index contributed by atoms with van der Waals surface area (Å²) in [6.45, 7) is 3.59. The number of anilines is 1. The molecule has 0 aliphatic carbocycles. The number of nitrogens with one attached hydrogen (secondary N) is 1. The van der Waals surface area contributed by atoms with Crippen molar-refractivity contribution < 1.29 is 14.5 Å². The Balaban J connectivity index is 2.22. The van der Waals surface area contributed by atoms with E-state index >= 15 is 0 Å². The summed E-state index contributed by atoms with van der Waals surface area (Å²) in [6.07, 6.45) is 5.08. The smallest absolute Gasteiger partial charge is 0.293 e. The Bertz CT molecular complexity index is 703. The lowest BCUT2D eigenvalue weighted by molar-refractivity contribution is -0.384. The Morgan fingerprint density at radius 1 is 1.33 bits per heavy atom. The van der Waals surface area contributed by atoms with Gasteiger partial charge < -0.3 is 15.1 Å². The molecule has 24 heavy (non-hydrogen) atoms. The third-order valence-electron chi connectivity index (χ3n) is 3.85. The van der Waals surface area contributed by atoms with E-state index in [0.29, 0.717) is 31.9 Å². The molecule has 126 valence electrons. The van der Waals surface area contributed by atoms with Crippen LogP contribution in [0.2, 0.25) is 0 Å². The summed E-state index contributed by atoms with van der Waals surface area (Å²) in [5.41, 5.74) is 0.486. The first-order chi connectivity index (χ1) is 11.4. The monoisotopic (exact) mass is 330 g/mol. The Labute approximate surface area is 139 Å². The van der Waals surface area contributed by atoms with E-state index < -0.39 is 10.8 Å². The van der Waals surface area contributed by atoms with Gasteiger partial charge in [-0.2, -0.15) is 0 Å². The van der Waals surface area contributed by atoms with Crippen LogP contribution in [0.1, 0.15) is 17.3 Å². The highest BCUT2D eigenvalue weighted by molar-refractivity contribution is 5.96. The molecule has 0 aromatic heterocycles. The number of nitro groups is 1. The number of hydrogen-bond donors (Lipinski definition) is 1. The van der Waals surface area contributed by atoms with E-state index in [2.05, 4.69) is 11.2 Å². The van der Waals surface area contributed by atoms with Crippen LogP contribution < -0.4 is 10.2 Å². The minimum absolute atomic E-state index is 0.00955. The summed E-state index contributed by atoms with van der Waals surface area (Å²) in [5.74, 6) is 1.81. The second-order valence-electron chi connectivity index (χ2n) is 5.34. The molecule has 2 amide bonds. The molecule has 1 aromatic rings. The molecule has 0 radical (unpaired) electrons. The number of benzene rings is 1. The average molecular weight is 330 g/mol. The molecule has 8 nitrogen and oxygen atoms in total. The lowest BCUT2D eigenvalue weighted by Crippen LogP contribution is -2.48. The molecular formula is C16H18N4O4. The quantitative estimate of drug-likeness (QED) is 0.496. The van der Waals surface area contributed by atoms with Crippen molar-refractivity contribution in [3.05, 3.63) is 33.9 Å². The van der Waals surface area contributed by atoms with Gasteiger partial charge in [-0.3, -0.25) is 19.7 Å². The predicted octanol–water partition coefficient (Wildman–Crippen LogP) is 0.626. The molecular weight excluding hydrogens is 312 g/mol. The number of terminal acetylenes is 1. The first kappa shape index (κ1) is 17.3. The van der Waals surface area contributed by atoms with Crippen LogP contribution >= 0.6 is 0 Å². The molecule has 1 N–H and O–H groups in total. The number of nitro benzene ring substituents is 1. The van der Waals surface area contributed by atoms with E-state index in [1.165, 1.54) is 19.1 Å². The molecule has 0 atom stereocenters. The van der Waals surface area contributed by atoms with Crippen LogP contribution in [0, 0.1) is 22.5 Å². The SMILES string of the molecule is C#CCNC(=O)c1ccc(N2CCN(C(C)=O)CC2)c([N+](=O)[O-])c1. The molecule has 1 saturated heterocycles. The van der Waals surface area contributed by atoms with Gasteiger partial charge in [0.15, 0.2) is 0 Å². The maximum atomic E-state index is 11.9. The second-order valence-corrected chi connectivity index (χ2v) is 5.34. The molecule has 8 heteroatoms. The number of carbonyl (C=O) groups is 2. The van der Waals surface area contributed by atoms with Crippen LogP contribution in [0.15, 0.2) is 18.2 Å². The van der Waals surface area contributed by atoms with Gasteiger partial charge in [-0.15, -0.1) is 6.42 Å². The zero-order valence-corrected chi connectivity index (χ0v) is 13.3. The van der Waals surface area contributed by atoms with Crippen molar-refractivity contribution in [2.45, 2.75) is 6.92 Å². The van der Waals surface area contributed by atoms with Gasteiger partial charge in [-0.25, -0.2) is 0 Å². The number of piperazine rings is 1. The number of amides is 2. The lowest BCUT2D eigenvalue weighted by Gasteiger charge is -2.35. The van der Waals surface area contributed by atoms with Crippen molar-refractivity contribution in [3.8, 4) is 12.3 Å². The Hall–Kier alpha value is -3.08. The highest BCUT2D eigenvalue weighted by atomic mass is 16.6. The lowest BCUT2D eigenvalue weighted by atomic mass is 10.1. The number of nitrogens with zero attached hydrogens (tertiary/aromatic N) is 3. The van der Waals surface area contributed by atoms with Crippen LogP contribution in [0.4, 0.5) is 11.4 Å². The number of carbonyl (C=O) groups excluding carboxylic acids is 2. The second kappa shape index (κ2) is 7.46. The molecule has 1 aromatic carbocycles. The zero-order chi connectivity index (χ0) is 17.7. The van der Waals surface area contributed by atoms with Crippen LogP contribution in [0.25, 0.3) is 0 Å². The molecule has 0 saturated carbocycles. The van der Waals surface area contributed by atoms with Crippen molar-refractivity contribution in [2.24, 2.45) is 0 Å². The van der Waals surface area contributed by atoms with Gasteiger partial charge in [0.2, 0.25) is 5.91 Å². The average Bonchev–Trinajstić information content (AvgIpc) is 2.59. The molecule has 1 fully saturated rings. The fraction of sp³-hybridized carbons (Fsp3) is 0.375. The van der Waals surface area contributed by atoms with E-state index in [4.69, 9.17) is 6.42 Å². The van der Waals surface area contributed by atoms with Gasteiger partial charge in [-0.1, -0.05) is 5.92 Å². The summed E-state index contributed by atoms with van der Waals surface area (Å²) in [6, 6.07) is 4.34. The van der Waals surface area contributed by atoms with Gasteiger partial charge in [0.25, 0.3) is 11.6 Å². The van der Waals surface area contributed by atoms with Gasteiger partial charge in [0.05, 0.1) is 11.5 Å². The number of rotatable bonds is 4. The third-order valence-corrected chi connectivity index (χ3v) is 3.85. The van der Waals surface area contributed by atoms with E-state index in [1.807, 2.05) is 4.90 Å². The third kappa shape index (κ3) is 3.81. The predicted molar refractivity (Wildman–Crippen MR) is 88.7 cm³/mol. The fourth-order valence-electron chi connectivity index (χ4n) is 2.57. The Kier molecular flexibility index (Phi) is 5.37. The van der Waals surface area contributed by atoms with E-state index in [-0.39, 0.29) is 23.7 Å². The van der Waals surface area contributed by atoms with Crippen LogP contribution in [0.3, 0.4) is 0 Å². The summed E-state index contributed by atoms with van der Waals surface area (Å²) in [4.78, 5) is 37.7. The molecule has 2 rings (SSSR count). The highest BCUT2D eigenvalue weighted by Crippen LogP contribution is 2.30. The van der Waals surface area contributed by atoms with Crippen LogP contribution in [-0.2, 0) is 4.79 Å². The maximum Gasteiger partial charge on any atom is 0.293 e. The summed E-state index contributed by atoms with van der Waals surface area (Å²) in [7, 11) is 0. The summed E-state index contributed by atoms with van der Waals surface area (Å²) < 4.78 is 0. The van der Waals surface area contributed by atoms with Gasteiger partial charge >= 0.3 is 0 Å². The van der Waals surface area contributed by atoms with E-state index in [9.17, 15) is 19.7 Å². The van der Waals surface area contributed by atoms with Crippen LogP contribution in [0.5, 0.6) is 0 Å². The summed E-state index contributed by atoms with van der Waals surface area (Å²) >= 11 is 0. The van der Waals surface area contributed by atoms with Crippen molar-refractivity contribution in [1.29, 1.82) is 0 Å². The Morgan fingerprint density at radius 2 is 2.00 bits per heavy atom. The molecule has 0 bridgehead atoms. The standard InChI is InChI=1S/C16H18N4O4/c1-3-6-17-16(22)13-4-5-14(15(11-13)20(23)24)19-9-7-18(8-10-19)12(2)21/h1,4-5,11H,6-10H2,2H3,(H,17,22). The first-order valence-corrected chi connectivity index (χ1v) is 7.44. The van der Waals surface area contributed by atoms with Crippen molar-refractivity contribution in [2.75, 3.05) is 37.6 Å². The van der Waals surface area contributed by atoms with Gasteiger partial charge in [-0.05, 0) is 12.1 Å². The topological polar surface area (TPSA) is 95.8 Å². The number of hydrogen-bond acceptors (Lipinski definition) is 5. The molecule has 1 aliphatic rings. The molecule has 0 unspecified atom stereocenters. The minimum Gasteiger partial charge on any atom is -0.362 e. The minimum atomic E-state index is -0.509. The first-order valence-electron chi connectivity index (χ1n) is 7.44. The van der Waals surface area contributed by atoms with Gasteiger partial charge in [0.1, 0.15) is 5.69 Å². The fourth-order valence-corrected chi connectivity index (χ4v) is 2.57. The van der Waals surface area contributed by atoms with E-state index in [1.54, 1.807) is 11.0 Å². The zero-order valence-electron chi connectivity index (χ0n) is 13.3. The molecule has 1 aliphatic heterocycles. The summed E-state index contributed by atoms with van der Waals surface area (Å²) in [5, 5.41) is 13.9. The molecule has 0 spiro atoms. The van der Waals surface area contributed by atoms with Crippen molar-refractivity contribution in [3.63, 3.8) is 0 Å². The largest absolute Gasteiger partial charge is 0.362 e. The van der Waals surface area contributed by atoms with Crippen molar-refractivity contribution >= 4 is 23.2 Å². The molecule has 1 heterocycles. The van der Waals surface area contributed by atoms with E-state index in [0.717, 1.165) is 0 Å². The van der Waals surface area contributed by atoms with Crippen molar-refractivity contribution in [1.82, 2.24) is 10.2 Å². The highest BCUT2D eigenvalue weighted by Gasteiger charge is 2.25. The Morgan fingerprint density at radius 3 is 2.54 bits per heavy atom. The van der Waals surface area contributed by atoms with Gasteiger partial charge in [0, 0.05) is 44.7 Å².